The number of aliphatic hydroxyl groups excluding tert-OH is 2. The molecule has 340 valence electrons. The molecule has 0 atom stereocenters. The Kier molecular flexibility index (Phi) is 14.9. The molecule has 0 fully saturated rings. The second-order valence-electron chi connectivity index (χ2n) is 14.6. The second-order valence-corrected chi connectivity index (χ2v) is 18.0. The number of fused-ring (bicyclic) bond motifs is 2. The number of aliphatic hydroxyl groups is 2. The van der Waals surface area contributed by atoms with Crippen molar-refractivity contribution in [2.45, 2.75) is 46.4 Å². The maximum atomic E-state index is 12.0. The SMILES string of the molecule is CCN(CC)c1ccc(/N=N/c2nc3ccc(C)cc3s2)c(Nc2nc(Nc3cc(N(CC)CC)ccc3/N=N/c3nc4cc(S(=O)(=O)O)c(C)cc4s3)nc(N(CCO)CCO)n2)c1. The summed E-state index contributed by atoms with van der Waals surface area (Å²) in [5.41, 5.74) is 6.50. The summed E-state index contributed by atoms with van der Waals surface area (Å²) in [5, 5.41) is 45.7. The molecule has 0 spiro atoms. The highest BCUT2D eigenvalue weighted by molar-refractivity contribution is 7.85. The van der Waals surface area contributed by atoms with Crippen LogP contribution in [0.4, 0.5) is 62.2 Å². The van der Waals surface area contributed by atoms with E-state index in [0.717, 1.165) is 53.3 Å². The van der Waals surface area contributed by atoms with Crippen LogP contribution in [0.3, 0.4) is 0 Å². The van der Waals surface area contributed by atoms with Crippen LogP contribution in [0.15, 0.2) is 92.1 Å². The molecule has 7 rings (SSSR count). The van der Waals surface area contributed by atoms with Crippen molar-refractivity contribution >= 4 is 115 Å². The Balaban J connectivity index is 1.30. The molecule has 0 unspecified atom stereocenters. The third kappa shape index (κ3) is 11.2. The molecule has 0 bridgehead atoms. The lowest BCUT2D eigenvalue weighted by Gasteiger charge is -2.24. The van der Waals surface area contributed by atoms with E-state index in [1.165, 1.54) is 28.7 Å². The van der Waals surface area contributed by atoms with Crippen molar-refractivity contribution < 1.29 is 23.2 Å². The number of azo groups is 2. The van der Waals surface area contributed by atoms with Gasteiger partial charge in [0.05, 0.1) is 49.9 Å². The first-order valence-corrected chi connectivity index (χ1v) is 24.0. The van der Waals surface area contributed by atoms with Gasteiger partial charge in [0.25, 0.3) is 10.1 Å². The van der Waals surface area contributed by atoms with Gasteiger partial charge in [-0.15, -0.1) is 20.5 Å². The third-order valence-corrected chi connectivity index (χ3v) is 13.1. The summed E-state index contributed by atoms with van der Waals surface area (Å²) in [5.74, 6) is 0.435. The van der Waals surface area contributed by atoms with Crippen molar-refractivity contribution in [2.75, 3.05) is 77.8 Å². The van der Waals surface area contributed by atoms with Gasteiger partial charge < -0.3 is 35.5 Å². The van der Waals surface area contributed by atoms with E-state index in [2.05, 4.69) is 84.6 Å². The van der Waals surface area contributed by atoms with E-state index in [9.17, 15) is 23.2 Å². The number of aryl methyl sites for hydroxylation is 2. The number of aromatic nitrogens is 5. The van der Waals surface area contributed by atoms with E-state index in [-0.39, 0.29) is 54.2 Å². The summed E-state index contributed by atoms with van der Waals surface area (Å²) in [7, 11) is -4.45. The molecule has 3 aromatic heterocycles. The number of benzene rings is 4. The van der Waals surface area contributed by atoms with Gasteiger partial charge in [0.15, 0.2) is 0 Å². The van der Waals surface area contributed by atoms with Gasteiger partial charge in [-0.05, 0) is 113 Å². The van der Waals surface area contributed by atoms with E-state index in [0.29, 0.717) is 43.7 Å². The number of hydrogen-bond acceptors (Lipinski definition) is 20. The fourth-order valence-corrected chi connectivity index (χ4v) is 9.51. The van der Waals surface area contributed by atoms with Crippen LogP contribution in [0.2, 0.25) is 0 Å². The van der Waals surface area contributed by atoms with Gasteiger partial charge in [-0.3, -0.25) is 4.55 Å². The van der Waals surface area contributed by atoms with Crippen LogP contribution >= 0.6 is 22.7 Å². The Hall–Kier alpha value is -6.30. The van der Waals surface area contributed by atoms with Crippen molar-refractivity contribution in [3.8, 4) is 0 Å². The molecule has 0 aliphatic carbocycles. The van der Waals surface area contributed by atoms with Crippen LogP contribution in [0, 0.1) is 13.8 Å². The van der Waals surface area contributed by atoms with Crippen molar-refractivity contribution in [1.29, 1.82) is 0 Å². The summed E-state index contributed by atoms with van der Waals surface area (Å²) in [6.45, 7) is 14.7. The lowest BCUT2D eigenvalue weighted by molar-refractivity contribution is 0.280. The summed E-state index contributed by atoms with van der Waals surface area (Å²) in [4.78, 5) is 29.2. The zero-order chi connectivity index (χ0) is 46.3. The maximum absolute atomic E-state index is 12.0. The Morgan fingerprint density at radius 2 is 1.11 bits per heavy atom. The van der Waals surface area contributed by atoms with Crippen LogP contribution < -0.4 is 25.3 Å². The molecular weight excluding hydrogens is 889 g/mol. The van der Waals surface area contributed by atoms with E-state index in [1.807, 2.05) is 49.4 Å². The number of thiazole rings is 2. The summed E-state index contributed by atoms with van der Waals surface area (Å²) < 4.78 is 35.3. The molecule has 4 aromatic carbocycles. The molecule has 0 amide bonds. The first-order valence-electron chi connectivity index (χ1n) is 21.0. The lowest BCUT2D eigenvalue weighted by atomic mass is 10.2. The Morgan fingerprint density at radius 3 is 1.60 bits per heavy atom. The van der Waals surface area contributed by atoms with Crippen LogP contribution in [0.25, 0.3) is 20.4 Å². The second kappa shape index (κ2) is 20.7. The summed E-state index contributed by atoms with van der Waals surface area (Å²) >= 11 is 2.67. The van der Waals surface area contributed by atoms with Gasteiger partial charge in [0, 0.05) is 50.6 Å². The molecule has 22 heteroatoms. The lowest BCUT2D eigenvalue weighted by Crippen LogP contribution is -2.31. The highest BCUT2D eigenvalue weighted by Gasteiger charge is 2.19. The monoisotopic (exact) mass is 938 g/mol. The minimum Gasteiger partial charge on any atom is -0.395 e. The van der Waals surface area contributed by atoms with Gasteiger partial charge in [-0.2, -0.15) is 23.4 Å². The predicted octanol–water partition coefficient (Wildman–Crippen LogP) is 9.76. The minimum atomic E-state index is -4.45. The molecule has 65 heavy (non-hydrogen) atoms. The molecule has 3 heterocycles. The van der Waals surface area contributed by atoms with E-state index in [1.54, 1.807) is 24.0 Å². The number of rotatable bonds is 20. The highest BCUT2D eigenvalue weighted by atomic mass is 32.2. The molecule has 7 aromatic rings. The fourth-order valence-electron chi connectivity index (χ4n) is 7.03. The quantitative estimate of drug-likeness (QED) is 0.0353. The van der Waals surface area contributed by atoms with Gasteiger partial charge >= 0.3 is 0 Å². The van der Waals surface area contributed by atoms with Gasteiger partial charge in [-0.25, -0.2) is 9.97 Å². The average molecular weight is 939 g/mol. The van der Waals surface area contributed by atoms with E-state index >= 15 is 0 Å². The third-order valence-electron chi connectivity index (χ3n) is 10.3. The minimum absolute atomic E-state index is 0.118. The van der Waals surface area contributed by atoms with Crippen LogP contribution in [-0.2, 0) is 10.1 Å². The van der Waals surface area contributed by atoms with E-state index < -0.39 is 10.1 Å². The van der Waals surface area contributed by atoms with Gasteiger partial charge in [-0.1, -0.05) is 28.7 Å². The Labute approximate surface area is 384 Å². The molecule has 19 nitrogen and oxygen atoms in total. The molecule has 0 saturated carbocycles. The first kappa shape index (κ1) is 46.7. The fraction of sp³-hybridized carbons (Fsp3) is 0.326. The maximum Gasteiger partial charge on any atom is 0.294 e. The predicted molar refractivity (Wildman–Crippen MR) is 260 cm³/mol. The Bertz CT molecular complexity index is 2960. The molecule has 0 radical (unpaired) electrons. The first-order chi connectivity index (χ1) is 31.3. The zero-order valence-electron chi connectivity index (χ0n) is 36.8. The van der Waals surface area contributed by atoms with Crippen molar-refractivity contribution in [2.24, 2.45) is 20.5 Å². The standard InChI is InChI=1S/C43H50N14O5S3/c1-7-55(8-2)28-12-15-30(51-53-42-46-32-14-11-26(5)21-36(32)63-42)33(23-28)44-39-48-40(50-41(49-39)57(17-19-58)18-20-59)45-34-24-29(56(9-3)10-4)13-16-31(34)52-54-43-47-35-25-38(65(60,61)62)27(6)22-37(35)64-43/h11-16,21-25,58-59H,7-10,17-20H2,1-6H3,(H,60,61,62)(H2,44,45,48,49,50)/b53-51+,54-52+. The van der Waals surface area contributed by atoms with Crippen LogP contribution in [-0.4, -0.2) is 101 Å². The van der Waals surface area contributed by atoms with Crippen molar-refractivity contribution in [3.63, 3.8) is 0 Å². The molecular formula is C43H50N14O5S3. The van der Waals surface area contributed by atoms with Crippen LogP contribution in [0.1, 0.15) is 38.8 Å². The number of nitrogens with one attached hydrogen (secondary N) is 2. The number of hydrogen-bond donors (Lipinski definition) is 5. The smallest absolute Gasteiger partial charge is 0.294 e. The largest absolute Gasteiger partial charge is 0.395 e. The van der Waals surface area contributed by atoms with Crippen molar-refractivity contribution in [3.05, 3.63) is 77.9 Å². The zero-order valence-corrected chi connectivity index (χ0v) is 39.2. The van der Waals surface area contributed by atoms with Gasteiger partial charge in [0.2, 0.25) is 28.1 Å². The number of nitrogens with zero attached hydrogens (tertiary/aromatic N) is 12. The number of anilines is 7. The Morgan fingerprint density at radius 1 is 0.600 bits per heavy atom. The topological polar surface area (TPSA) is 242 Å². The van der Waals surface area contributed by atoms with E-state index in [4.69, 9.17) is 15.0 Å². The molecule has 0 saturated heterocycles. The normalized spacial score (nSPS) is 12.0. The molecule has 5 N–H and O–H groups in total. The summed E-state index contributed by atoms with van der Waals surface area (Å²) in [6, 6.07) is 20.5. The average Bonchev–Trinajstić information content (AvgIpc) is 3.88. The van der Waals surface area contributed by atoms with Crippen molar-refractivity contribution in [1.82, 2.24) is 24.9 Å². The molecule has 0 aliphatic heterocycles. The van der Waals surface area contributed by atoms with Gasteiger partial charge in [0.1, 0.15) is 11.4 Å². The summed E-state index contributed by atoms with van der Waals surface area (Å²) in [6.07, 6.45) is 0. The molecule has 0 aliphatic rings. The highest BCUT2D eigenvalue weighted by Crippen LogP contribution is 2.38. The van der Waals surface area contributed by atoms with Crippen LogP contribution in [0.5, 0.6) is 0 Å².